The number of ether oxygens (including phenoxy) is 2. The van der Waals surface area contributed by atoms with Crippen LogP contribution in [0.25, 0.3) is 0 Å². The minimum Gasteiger partial charge on any atom is -0.500 e. The van der Waals surface area contributed by atoms with Gasteiger partial charge in [0, 0.05) is 6.42 Å². The molecule has 0 radical (unpaired) electrons. The Hall–Kier alpha value is -0.990. The van der Waals surface area contributed by atoms with E-state index in [1.54, 1.807) is 0 Å². The number of carbonyl (C=O) groups is 1. The molecule has 11 heavy (non-hydrogen) atoms. The Morgan fingerprint density at radius 3 is 2.91 bits per heavy atom. The van der Waals surface area contributed by atoms with Crippen molar-refractivity contribution in [2.45, 2.75) is 26.4 Å². The third-order valence-corrected chi connectivity index (χ3v) is 1.32. The van der Waals surface area contributed by atoms with Crippen LogP contribution in [0.1, 0.15) is 20.3 Å². The van der Waals surface area contributed by atoms with Gasteiger partial charge in [0.25, 0.3) is 0 Å². The minimum absolute atomic E-state index is 0.0519. The van der Waals surface area contributed by atoms with Gasteiger partial charge in [-0.3, -0.25) is 0 Å². The summed E-state index contributed by atoms with van der Waals surface area (Å²) in [6.45, 7) is 4.26. The number of esters is 1. The number of rotatable bonds is 2. The van der Waals surface area contributed by atoms with Crippen molar-refractivity contribution in [1.82, 2.24) is 0 Å². The van der Waals surface area contributed by atoms with Gasteiger partial charge >= 0.3 is 5.97 Å². The van der Waals surface area contributed by atoms with E-state index in [0.717, 1.165) is 0 Å². The maximum atomic E-state index is 11.1. The first-order valence-electron chi connectivity index (χ1n) is 3.72. The second kappa shape index (κ2) is 3.42. The smallest absolute Gasteiger partial charge is 0.337 e. The van der Waals surface area contributed by atoms with Crippen molar-refractivity contribution in [3.8, 4) is 0 Å². The summed E-state index contributed by atoms with van der Waals surface area (Å²) in [5, 5.41) is 0. The molecule has 0 N–H and O–H groups in total. The van der Waals surface area contributed by atoms with Gasteiger partial charge in [-0.15, -0.1) is 0 Å². The quantitative estimate of drug-likeness (QED) is 0.564. The van der Waals surface area contributed by atoms with Crippen LogP contribution in [0.4, 0.5) is 0 Å². The van der Waals surface area contributed by atoms with E-state index in [4.69, 9.17) is 9.47 Å². The van der Waals surface area contributed by atoms with Crippen LogP contribution in [0.3, 0.4) is 0 Å². The van der Waals surface area contributed by atoms with Crippen LogP contribution < -0.4 is 0 Å². The first kappa shape index (κ1) is 8.11. The summed E-state index contributed by atoms with van der Waals surface area (Å²) >= 11 is 0. The van der Waals surface area contributed by atoms with Crippen molar-refractivity contribution in [2.24, 2.45) is 0 Å². The Labute approximate surface area is 66.0 Å². The molecule has 3 heteroatoms. The van der Waals surface area contributed by atoms with Gasteiger partial charge in [-0.05, 0) is 13.8 Å². The molecule has 1 heterocycles. The average molecular weight is 156 g/mol. The molecule has 0 spiro atoms. The van der Waals surface area contributed by atoms with Gasteiger partial charge < -0.3 is 9.47 Å². The lowest BCUT2D eigenvalue weighted by Gasteiger charge is -2.06. The first-order chi connectivity index (χ1) is 5.20. The number of hydrogen-bond donors (Lipinski definition) is 0. The number of hydrogen-bond acceptors (Lipinski definition) is 3. The van der Waals surface area contributed by atoms with E-state index in [9.17, 15) is 4.79 Å². The van der Waals surface area contributed by atoms with Gasteiger partial charge in [-0.1, -0.05) is 0 Å². The SMILES string of the molecule is CC(C)OC(=O)C1=COCC1. The van der Waals surface area contributed by atoms with Crippen LogP contribution in [0.2, 0.25) is 0 Å². The van der Waals surface area contributed by atoms with Crippen LogP contribution in [0.15, 0.2) is 11.8 Å². The van der Waals surface area contributed by atoms with Gasteiger partial charge in [0.1, 0.15) is 0 Å². The Kier molecular flexibility index (Phi) is 2.52. The van der Waals surface area contributed by atoms with Crippen molar-refractivity contribution >= 4 is 5.97 Å². The topological polar surface area (TPSA) is 35.5 Å². The van der Waals surface area contributed by atoms with Crippen molar-refractivity contribution in [3.05, 3.63) is 11.8 Å². The molecule has 0 aromatic heterocycles. The summed E-state index contributed by atoms with van der Waals surface area (Å²) in [6.07, 6.45) is 2.10. The largest absolute Gasteiger partial charge is 0.500 e. The van der Waals surface area contributed by atoms with Crippen molar-refractivity contribution in [1.29, 1.82) is 0 Å². The predicted molar refractivity (Wildman–Crippen MR) is 39.9 cm³/mol. The molecule has 0 saturated carbocycles. The van der Waals surface area contributed by atoms with Crippen LogP contribution in [0.5, 0.6) is 0 Å². The van der Waals surface area contributed by atoms with Crippen molar-refractivity contribution in [2.75, 3.05) is 6.61 Å². The molecule has 1 rings (SSSR count). The van der Waals surface area contributed by atoms with E-state index in [1.165, 1.54) is 6.26 Å². The monoisotopic (exact) mass is 156 g/mol. The summed E-state index contributed by atoms with van der Waals surface area (Å²) in [7, 11) is 0. The fourth-order valence-corrected chi connectivity index (χ4v) is 0.827. The Morgan fingerprint density at radius 2 is 2.45 bits per heavy atom. The highest BCUT2D eigenvalue weighted by atomic mass is 16.5. The molecular formula is C8H12O3. The second-order valence-corrected chi connectivity index (χ2v) is 2.72. The van der Waals surface area contributed by atoms with Gasteiger partial charge in [0.15, 0.2) is 0 Å². The summed E-state index contributed by atoms with van der Waals surface area (Å²) in [6, 6.07) is 0. The zero-order chi connectivity index (χ0) is 8.27. The van der Waals surface area contributed by atoms with Gasteiger partial charge in [-0.2, -0.15) is 0 Å². The standard InChI is InChI=1S/C8H12O3/c1-6(2)11-8(9)7-3-4-10-5-7/h5-6H,3-4H2,1-2H3. The third-order valence-electron chi connectivity index (χ3n) is 1.32. The molecule has 62 valence electrons. The maximum absolute atomic E-state index is 11.1. The lowest BCUT2D eigenvalue weighted by Crippen LogP contribution is -2.12. The molecule has 0 saturated heterocycles. The molecule has 0 aromatic carbocycles. The van der Waals surface area contributed by atoms with Gasteiger partial charge in [0.2, 0.25) is 0 Å². The minimum atomic E-state index is -0.252. The van der Waals surface area contributed by atoms with Gasteiger partial charge in [0.05, 0.1) is 24.5 Å². The average Bonchev–Trinajstić information content (AvgIpc) is 2.35. The van der Waals surface area contributed by atoms with E-state index in [-0.39, 0.29) is 12.1 Å². The molecule has 0 aliphatic carbocycles. The van der Waals surface area contributed by atoms with E-state index in [2.05, 4.69) is 0 Å². The molecule has 1 aliphatic rings. The second-order valence-electron chi connectivity index (χ2n) is 2.72. The molecule has 1 aliphatic heterocycles. The summed E-state index contributed by atoms with van der Waals surface area (Å²) < 4.78 is 9.84. The molecular weight excluding hydrogens is 144 g/mol. The fourth-order valence-electron chi connectivity index (χ4n) is 0.827. The predicted octanol–water partition coefficient (Wildman–Crippen LogP) is 1.24. The first-order valence-corrected chi connectivity index (χ1v) is 3.72. The molecule has 0 fully saturated rings. The molecule has 3 nitrogen and oxygen atoms in total. The van der Waals surface area contributed by atoms with Crippen molar-refractivity contribution < 1.29 is 14.3 Å². The summed E-state index contributed by atoms with van der Waals surface area (Å²) in [5.74, 6) is -0.252. The summed E-state index contributed by atoms with van der Waals surface area (Å²) in [4.78, 5) is 11.1. The number of carbonyl (C=O) groups excluding carboxylic acids is 1. The van der Waals surface area contributed by atoms with E-state index in [0.29, 0.717) is 18.6 Å². The van der Waals surface area contributed by atoms with Crippen LogP contribution in [-0.4, -0.2) is 18.7 Å². The van der Waals surface area contributed by atoms with Crippen LogP contribution in [0, 0.1) is 0 Å². The van der Waals surface area contributed by atoms with E-state index >= 15 is 0 Å². The zero-order valence-electron chi connectivity index (χ0n) is 6.79. The third kappa shape index (κ3) is 2.26. The highest BCUT2D eigenvalue weighted by Crippen LogP contribution is 2.12. The van der Waals surface area contributed by atoms with Crippen molar-refractivity contribution in [3.63, 3.8) is 0 Å². The molecule has 0 bridgehead atoms. The molecule has 0 amide bonds. The summed E-state index contributed by atoms with van der Waals surface area (Å²) in [5.41, 5.74) is 0.638. The van der Waals surface area contributed by atoms with E-state index in [1.807, 2.05) is 13.8 Å². The maximum Gasteiger partial charge on any atom is 0.337 e. The fraction of sp³-hybridized carbons (Fsp3) is 0.625. The lowest BCUT2D eigenvalue weighted by atomic mass is 10.2. The van der Waals surface area contributed by atoms with Gasteiger partial charge in [-0.25, -0.2) is 4.79 Å². The Balaban J connectivity index is 2.41. The highest BCUT2D eigenvalue weighted by molar-refractivity contribution is 5.88. The van der Waals surface area contributed by atoms with Crippen LogP contribution in [-0.2, 0) is 14.3 Å². The molecule has 0 unspecified atom stereocenters. The Morgan fingerprint density at radius 1 is 1.73 bits per heavy atom. The lowest BCUT2D eigenvalue weighted by molar-refractivity contribution is -0.142. The van der Waals surface area contributed by atoms with E-state index < -0.39 is 0 Å². The van der Waals surface area contributed by atoms with Crippen LogP contribution >= 0.6 is 0 Å². The molecule has 0 atom stereocenters. The molecule has 0 aromatic rings. The highest BCUT2D eigenvalue weighted by Gasteiger charge is 2.16. The Bertz CT molecular complexity index is 182. The zero-order valence-corrected chi connectivity index (χ0v) is 6.79. The normalized spacial score (nSPS) is 16.1.